The van der Waals surface area contributed by atoms with Gasteiger partial charge in [0.1, 0.15) is 12.7 Å². The zero-order chi connectivity index (χ0) is 20.8. The maximum Gasteiger partial charge on any atom is 0.191 e. The molecule has 0 bridgehead atoms. The lowest BCUT2D eigenvalue weighted by molar-refractivity contribution is 0.258. The molecule has 2 atom stereocenters. The summed E-state index contributed by atoms with van der Waals surface area (Å²) in [5, 5.41) is 11.2. The van der Waals surface area contributed by atoms with Crippen molar-refractivity contribution in [3.05, 3.63) is 78.4 Å². The first-order valence-electron chi connectivity index (χ1n) is 10.4. The van der Waals surface area contributed by atoms with Crippen LogP contribution in [0.2, 0.25) is 0 Å². The van der Waals surface area contributed by atoms with E-state index in [2.05, 4.69) is 80.0 Å². The van der Waals surface area contributed by atoms with Crippen LogP contribution in [0.4, 0.5) is 0 Å². The SMILES string of the molecule is CN=C(NCc1ccc(-n2cncn2)cc1)NC1CC(C)N(Cc2ccccc2)C1. The van der Waals surface area contributed by atoms with E-state index in [0.717, 1.165) is 31.2 Å². The summed E-state index contributed by atoms with van der Waals surface area (Å²) < 4.78 is 1.75. The molecule has 7 nitrogen and oxygen atoms in total. The zero-order valence-electron chi connectivity index (χ0n) is 17.6. The van der Waals surface area contributed by atoms with Crippen LogP contribution in [-0.4, -0.2) is 51.3 Å². The molecule has 30 heavy (non-hydrogen) atoms. The van der Waals surface area contributed by atoms with Crippen molar-refractivity contribution in [3.8, 4) is 5.69 Å². The highest BCUT2D eigenvalue weighted by Crippen LogP contribution is 2.20. The predicted molar refractivity (Wildman–Crippen MR) is 119 cm³/mol. The minimum Gasteiger partial charge on any atom is -0.352 e. The number of aromatic nitrogens is 3. The van der Waals surface area contributed by atoms with E-state index < -0.39 is 0 Å². The fourth-order valence-corrected chi connectivity index (χ4v) is 3.92. The number of aliphatic imine (C=N–C) groups is 1. The van der Waals surface area contributed by atoms with Gasteiger partial charge in [0, 0.05) is 38.8 Å². The van der Waals surface area contributed by atoms with E-state index in [1.54, 1.807) is 11.0 Å². The van der Waals surface area contributed by atoms with Crippen LogP contribution in [0.25, 0.3) is 5.69 Å². The number of nitrogens with zero attached hydrogens (tertiary/aromatic N) is 5. The van der Waals surface area contributed by atoms with Crippen LogP contribution in [0.3, 0.4) is 0 Å². The van der Waals surface area contributed by atoms with Gasteiger partial charge in [-0.2, -0.15) is 5.10 Å². The fraction of sp³-hybridized carbons (Fsp3) is 0.348. The van der Waals surface area contributed by atoms with Gasteiger partial charge >= 0.3 is 0 Å². The normalized spacial score (nSPS) is 19.7. The standard InChI is InChI=1S/C23H29N7/c1-18-12-21(15-29(18)14-20-6-4-3-5-7-20)28-23(24-2)26-13-19-8-10-22(11-9-19)30-17-25-16-27-30/h3-11,16-18,21H,12-15H2,1-2H3,(H2,24,26,28). The maximum absolute atomic E-state index is 4.41. The molecule has 0 amide bonds. The highest BCUT2D eigenvalue weighted by molar-refractivity contribution is 5.80. The van der Waals surface area contributed by atoms with Gasteiger partial charge < -0.3 is 10.6 Å². The van der Waals surface area contributed by atoms with E-state index >= 15 is 0 Å². The molecule has 0 aliphatic carbocycles. The molecule has 0 spiro atoms. The summed E-state index contributed by atoms with van der Waals surface area (Å²) in [6, 6.07) is 19.9. The fourth-order valence-electron chi connectivity index (χ4n) is 3.92. The number of nitrogens with one attached hydrogen (secondary N) is 2. The van der Waals surface area contributed by atoms with Gasteiger partial charge in [0.15, 0.2) is 5.96 Å². The molecule has 0 saturated carbocycles. The molecule has 2 unspecified atom stereocenters. The first kappa shape index (κ1) is 20.1. The van der Waals surface area contributed by atoms with Crippen LogP contribution in [0.5, 0.6) is 0 Å². The number of likely N-dealkylation sites (tertiary alicyclic amines) is 1. The van der Waals surface area contributed by atoms with E-state index in [9.17, 15) is 0 Å². The Morgan fingerprint density at radius 2 is 1.90 bits per heavy atom. The third kappa shape index (κ3) is 5.04. The Labute approximate surface area is 177 Å². The Morgan fingerprint density at radius 3 is 2.60 bits per heavy atom. The second-order valence-electron chi connectivity index (χ2n) is 7.77. The Balaban J connectivity index is 1.27. The van der Waals surface area contributed by atoms with Crippen molar-refractivity contribution in [2.24, 2.45) is 4.99 Å². The van der Waals surface area contributed by atoms with Crippen molar-refractivity contribution in [2.75, 3.05) is 13.6 Å². The molecule has 1 aromatic heterocycles. The van der Waals surface area contributed by atoms with Gasteiger partial charge in [-0.25, -0.2) is 9.67 Å². The summed E-state index contributed by atoms with van der Waals surface area (Å²) in [4.78, 5) is 10.9. The first-order valence-corrected chi connectivity index (χ1v) is 10.4. The molecule has 4 rings (SSSR count). The van der Waals surface area contributed by atoms with E-state index in [1.165, 1.54) is 17.5 Å². The Bertz CT molecular complexity index is 935. The van der Waals surface area contributed by atoms with E-state index in [1.807, 2.05) is 19.2 Å². The van der Waals surface area contributed by atoms with Crippen molar-refractivity contribution in [1.82, 2.24) is 30.3 Å². The Morgan fingerprint density at radius 1 is 1.10 bits per heavy atom. The second kappa shape index (κ2) is 9.54. The lowest BCUT2D eigenvalue weighted by Crippen LogP contribution is -2.44. The molecule has 7 heteroatoms. The van der Waals surface area contributed by atoms with Crippen molar-refractivity contribution in [2.45, 2.75) is 38.5 Å². The molecule has 0 radical (unpaired) electrons. The highest BCUT2D eigenvalue weighted by atomic mass is 15.3. The average Bonchev–Trinajstić information content (AvgIpc) is 3.43. The van der Waals surface area contributed by atoms with Crippen molar-refractivity contribution < 1.29 is 0 Å². The van der Waals surface area contributed by atoms with Crippen LogP contribution in [0, 0.1) is 0 Å². The van der Waals surface area contributed by atoms with Crippen molar-refractivity contribution in [3.63, 3.8) is 0 Å². The summed E-state index contributed by atoms with van der Waals surface area (Å²) in [6.07, 6.45) is 4.35. The third-order valence-corrected chi connectivity index (χ3v) is 5.58. The Hall–Kier alpha value is -3.19. The summed E-state index contributed by atoms with van der Waals surface area (Å²) in [7, 11) is 1.82. The summed E-state index contributed by atoms with van der Waals surface area (Å²) in [5.74, 6) is 0.842. The van der Waals surface area contributed by atoms with Crippen molar-refractivity contribution in [1.29, 1.82) is 0 Å². The lowest BCUT2D eigenvalue weighted by atomic mass is 10.2. The average molecular weight is 404 g/mol. The van der Waals surface area contributed by atoms with E-state index in [4.69, 9.17) is 0 Å². The van der Waals surface area contributed by atoms with Crippen LogP contribution < -0.4 is 10.6 Å². The summed E-state index contributed by atoms with van der Waals surface area (Å²) in [5.41, 5.74) is 3.55. The van der Waals surface area contributed by atoms with Gasteiger partial charge in [-0.3, -0.25) is 9.89 Å². The van der Waals surface area contributed by atoms with E-state index in [-0.39, 0.29) is 0 Å². The minimum atomic E-state index is 0.393. The smallest absolute Gasteiger partial charge is 0.191 e. The number of hydrogen-bond acceptors (Lipinski definition) is 4. The van der Waals surface area contributed by atoms with E-state index in [0.29, 0.717) is 18.6 Å². The van der Waals surface area contributed by atoms with Gasteiger partial charge in [-0.1, -0.05) is 42.5 Å². The predicted octanol–water partition coefficient (Wildman–Crippen LogP) is 2.60. The van der Waals surface area contributed by atoms with Crippen LogP contribution >= 0.6 is 0 Å². The van der Waals surface area contributed by atoms with Crippen LogP contribution in [0.15, 0.2) is 72.2 Å². The van der Waals surface area contributed by atoms with Gasteiger partial charge in [0.05, 0.1) is 5.69 Å². The quantitative estimate of drug-likeness (QED) is 0.489. The molecule has 1 aliphatic heterocycles. The minimum absolute atomic E-state index is 0.393. The molecule has 156 valence electrons. The highest BCUT2D eigenvalue weighted by Gasteiger charge is 2.29. The molecule has 2 aromatic carbocycles. The topological polar surface area (TPSA) is 70.4 Å². The zero-order valence-corrected chi connectivity index (χ0v) is 17.6. The molecular weight excluding hydrogens is 374 g/mol. The van der Waals surface area contributed by atoms with Gasteiger partial charge in [-0.05, 0) is 36.6 Å². The molecule has 3 aromatic rings. The van der Waals surface area contributed by atoms with Crippen LogP contribution in [-0.2, 0) is 13.1 Å². The monoisotopic (exact) mass is 403 g/mol. The van der Waals surface area contributed by atoms with Crippen LogP contribution in [0.1, 0.15) is 24.5 Å². The third-order valence-electron chi connectivity index (χ3n) is 5.58. The molecule has 1 fully saturated rings. The number of rotatable bonds is 6. The summed E-state index contributed by atoms with van der Waals surface area (Å²) >= 11 is 0. The maximum atomic E-state index is 4.41. The lowest BCUT2D eigenvalue weighted by Gasteiger charge is -2.21. The molecular formula is C23H29N7. The molecule has 2 heterocycles. The first-order chi connectivity index (χ1) is 14.7. The summed E-state index contributed by atoms with van der Waals surface area (Å²) in [6.45, 7) is 5.03. The van der Waals surface area contributed by atoms with Gasteiger partial charge in [0.25, 0.3) is 0 Å². The van der Waals surface area contributed by atoms with Gasteiger partial charge in [0.2, 0.25) is 0 Å². The molecule has 1 saturated heterocycles. The Kier molecular flexibility index (Phi) is 6.39. The molecule has 2 N–H and O–H groups in total. The largest absolute Gasteiger partial charge is 0.352 e. The van der Waals surface area contributed by atoms with Crippen molar-refractivity contribution >= 4 is 5.96 Å². The second-order valence-corrected chi connectivity index (χ2v) is 7.77. The number of hydrogen-bond donors (Lipinski definition) is 2. The van der Waals surface area contributed by atoms with Gasteiger partial charge in [-0.15, -0.1) is 0 Å². The number of benzene rings is 2. The molecule has 1 aliphatic rings. The number of guanidine groups is 1.